The summed E-state index contributed by atoms with van der Waals surface area (Å²) in [6, 6.07) is 19.0. The number of nitrogens with one attached hydrogen (secondary N) is 1. The molecular formula is C31H37N4O7P. The number of nitrogens with zero attached hydrogens (tertiary/aromatic N) is 3. The minimum Gasteiger partial charge on any atom is -0.449 e. The van der Waals surface area contributed by atoms with Crippen LogP contribution in [0.25, 0.3) is 22.4 Å². The van der Waals surface area contributed by atoms with Crippen molar-refractivity contribution in [3.63, 3.8) is 0 Å². The highest BCUT2D eigenvalue weighted by molar-refractivity contribution is 7.51. The van der Waals surface area contributed by atoms with Gasteiger partial charge in [0.1, 0.15) is 11.7 Å². The number of ether oxygens (including phenoxy) is 1. The third-order valence-corrected chi connectivity index (χ3v) is 7.95. The highest BCUT2D eigenvalue weighted by Crippen LogP contribution is 2.35. The van der Waals surface area contributed by atoms with Gasteiger partial charge in [-0.2, -0.15) is 0 Å². The number of carbonyl (C=O) groups is 3. The van der Waals surface area contributed by atoms with Crippen molar-refractivity contribution in [2.75, 3.05) is 38.9 Å². The maximum absolute atomic E-state index is 13.5. The van der Waals surface area contributed by atoms with E-state index < -0.39 is 37.7 Å². The number of pyridine rings is 1. The van der Waals surface area contributed by atoms with Crippen LogP contribution in [0.3, 0.4) is 0 Å². The molecule has 1 aliphatic rings. The highest BCUT2D eigenvalue weighted by Gasteiger charge is 2.35. The number of hydrogen-bond donors (Lipinski definition) is 3. The molecule has 4 rings (SSSR count). The van der Waals surface area contributed by atoms with Gasteiger partial charge in [0, 0.05) is 31.7 Å². The van der Waals surface area contributed by atoms with E-state index in [0.29, 0.717) is 12.3 Å². The Morgan fingerprint density at radius 2 is 1.58 bits per heavy atom. The Hall–Kier alpha value is -4.05. The van der Waals surface area contributed by atoms with Gasteiger partial charge in [0.25, 0.3) is 5.91 Å². The van der Waals surface area contributed by atoms with Crippen LogP contribution in [-0.4, -0.2) is 87.5 Å². The Morgan fingerprint density at radius 3 is 2.21 bits per heavy atom. The first-order valence-corrected chi connectivity index (χ1v) is 16.0. The number of rotatable bonds is 10. The van der Waals surface area contributed by atoms with E-state index in [2.05, 4.69) is 10.3 Å². The fraction of sp³-hybridized carbons (Fsp3) is 0.355. The van der Waals surface area contributed by atoms with E-state index in [1.165, 1.54) is 9.80 Å². The Bertz CT molecular complexity index is 1470. The van der Waals surface area contributed by atoms with Crippen molar-refractivity contribution in [2.45, 2.75) is 32.7 Å². The van der Waals surface area contributed by atoms with Crippen LogP contribution >= 0.6 is 7.60 Å². The molecule has 1 aliphatic heterocycles. The van der Waals surface area contributed by atoms with Crippen LogP contribution in [-0.2, 0) is 14.1 Å². The molecule has 3 amide bonds. The van der Waals surface area contributed by atoms with Crippen LogP contribution in [0, 0.1) is 6.92 Å². The summed E-state index contributed by atoms with van der Waals surface area (Å²) < 4.78 is 17.2. The van der Waals surface area contributed by atoms with E-state index >= 15 is 0 Å². The first-order valence-electron chi connectivity index (χ1n) is 14.2. The van der Waals surface area contributed by atoms with E-state index in [1.54, 1.807) is 6.07 Å². The second-order valence-corrected chi connectivity index (χ2v) is 12.2. The van der Waals surface area contributed by atoms with Gasteiger partial charge in [-0.1, -0.05) is 73.5 Å². The first-order chi connectivity index (χ1) is 20.5. The minimum absolute atomic E-state index is 0.0000778. The van der Waals surface area contributed by atoms with Crippen LogP contribution in [0.1, 0.15) is 35.8 Å². The summed E-state index contributed by atoms with van der Waals surface area (Å²) in [5.74, 6) is -1.38. The number of carbonyl (C=O) groups excluding carboxylic acids is 3. The molecule has 0 spiro atoms. The predicted molar refractivity (Wildman–Crippen MR) is 162 cm³/mol. The molecule has 1 saturated heterocycles. The van der Waals surface area contributed by atoms with Gasteiger partial charge in [-0.3, -0.25) is 14.2 Å². The monoisotopic (exact) mass is 608 g/mol. The number of piperazine rings is 1. The number of amides is 3. The van der Waals surface area contributed by atoms with Gasteiger partial charge in [0.05, 0.1) is 18.5 Å². The number of aryl methyl sites for hydroxylation is 1. The standard InChI is InChI=1S/C31H37N4O7P/c1-3-4-18-42-31(38)35-16-14-34(15-17-35)30(37)28(21-43(39,40)41)33-29(36)27-20-25(23-8-6-5-7-9-23)19-26(32-27)24-12-10-22(2)11-13-24/h5-13,19-20,28H,3-4,14-18,21H2,1-2H3,(H,33,36)(H2,39,40,41)/t28-/m0/s1. The second kappa shape index (κ2) is 14.4. The molecule has 3 N–H and O–H groups in total. The van der Waals surface area contributed by atoms with Crippen LogP contribution < -0.4 is 5.32 Å². The lowest BCUT2D eigenvalue weighted by Gasteiger charge is -2.36. The molecule has 1 fully saturated rings. The van der Waals surface area contributed by atoms with Crippen LogP contribution in [0.4, 0.5) is 4.79 Å². The van der Waals surface area contributed by atoms with Crippen molar-refractivity contribution in [1.29, 1.82) is 0 Å². The molecule has 1 aromatic heterocycles. The van der Waals surface area contributed by atoms with Gasteiger partial charge in [0.15, 0.2) is 0 Å². The molecule has 0 aliphatic carbocycles. The summed E-state index contributed by atoms with van der Waals surface area (Å²) in [4.78, 5) is 66.2. The molecule has 12 heteroatoms. The van der Waals surface area contributed by atoms with Gasteiger partial charge in [0.2, 0.25) is 5.91 Å². The molecule has 3 aromatic rings. The molecule has 0 bridgehead atoms. The molecule has 0 radical (unpaired) electrons. The summed E-state index contributed by atoms with van der Waals surface area (Å²) in [6.45, 7) is 4.94. The Balaban J connectivity index is 1.55. The first kappa shape index (κ1) is 31.9. The fourth-order valence-corrected chi connectivity index (χ4v) is 5.42. The van der Waals surface area contributed by atoms with Crippen LogP contribution in [0.2, 0.25) is 0 Å². The molecule has 11 nitrogen and oxygen atoms in total. The number of aromatic nitrogens is 1. The lowest BCUT2D eigenvalue weighted by atomic mass is 10.0. The third-order valence-electron chi connectivity index (χ3n) is 7.11. The second-order valence-electron chi connectivity index (χ2n) is 10.5. The predicted octanol–water partition coefficient (Wildman–Crippen LogP) is 4.08. The molecule has 2 heterocycles. The fourth-order valence-electron chi connectivity index (χ4n) is 4.70. The summed E-state index contributed by atoms with van der Waals surface area (Å²) in [5, 5.41) is 2.53. The van der Waals surface area contributed by atoms with E-state index in [4.69, 9.17) is 4.74 Å². The maximum atomic E-state index is 13.5. The van der Waals surface area contributed by atoms with E-state index in [9.17, 15) is 28.7 Å². The summed E-state index contributed by atoms with van der Waals surface area (Å²) >= 11 is 0. The third kappa shape index (κ3) is 8.97. The lowest BCUT2D eigenvalue weighted by molar-refractivity contribution is -0.134. The van der Waals surface area contributed by atoms with Crippen molar-refractivity contribution in [3.05, 3.63) is 78.0 Å². The van der Waals surface area contributed by atoms with Crippen molar-refractivity contribution < 1.29 is 33.5 Å². The van der Waals surface area contributed by atoms with Gasteiger partial charge >= 0.3 is 13.7 Å². The quantitative estimate of drug-likeness (QED) is 0.230. The summed E-state index contributed by atoms with van der Waals surface area (Å²) in [5.41, 5.74) is 3.95. The van der Waals surface area contributed by atoms with Gasteiger partial charge in [-0.25, -0.2) is 9.78 Å². The van der Waals surface area contributed by atoms with Crippen molar-refractivity contribution >= 4 is 25.5 Å². The summed E-state index contributed by atoms with van der Waals surface area (Å²) in [7, 11) is -4.70. The highest BCUT2D eigenvalue weighted by atomic mass is 31.2. The zero-order chi connectivity index (χ0) is 31.0. The molecule has 0 unspecified atom stereocenters. The smallest absolute Gasteiger partial charge is 0.409 e. The zero-order valence-corrected chi connectivity index (χ0v) is 25.2. The average Bonchev–Trinajstić information content (AvgIpc) is 3.00. The minimum atomic E-state index is -4.70. The van der Waals surface area contributed by atoms with E-state index in [1.807, 2.05) is 74.5 Å². The molecule has 0 saturated carbocycles. The summed E-state index contributed by atoms with van der Waals surface area (Å²) in [6.07, 6.45) is 0.305. The Morgan fingerprint density at radius 1 is 0.930 bits per heavy atom. The topological polar surface area (TPSA) is 149 Å². The molecule has 2 aromatic carbocycles. The Labute approximate surface area is 251 Å². The number of benzene rings is 2. The molecule has 1 atom stereocenters. The maximum Gasteiger partial charge on any atom is 0.409 e. The number of unbranched alkanes of at least 4 members (excludes halogenated alkanes) is 1. The molecular weight excluding hydrogens is 571 g/mol. The number of hydrogen-bond acceptors (Lipinski definition) is 6. The zero-order valence-electron chi connectivity index (χ0n) is 24.3. The van der Waals surface area contributed by atoms with Crippen LogP contribution in [0.5, 0.6) is 0 Å². The van der Waals surface area contributed by atoms with Crippen molar-refractivity contribution in [3.8, 4) is 22.4 Å². The van der Waals surface area contributed by atoms with Crippen molar-refractivity contribution in [1.82, 2.24) is 20.1 Å². The van der Waals surface area contributed by atoms with Crippen molar-refractivity contribution in [2.24, 2.45) is 0 Å². The van der Waals surface area contributed by atoms with Gasteiger partial charge in [-0.05, 0) is 36.6 Å². The van der Waals surface area contributed by atoms with Crippen LogP contribution in [0.15, 0.2) is 66.7 Å². The SMILES string of the molecule is CCCCOC(=O)N1CCN(C(=O)[C@H](CP(=O)(O)O)NC(=O)c2cc(-c3ccccc3)cc(-c3ccc(C)cc3)n2)CC1. The lowest BCUT2D eigenvalue weighted by Crippen LogP contribution is -2.56. The van der Waals surface area contributed by atoms with Gasteiger partial charge in [-0.15, -0.1) is 0 Å². The average molecular weight is 609 g/mol. The van der Waals surface area contributed by atoms with Gasteiger partial charge < -0.3 is 29.6 Å². The van der Waals surface area contributed by atoms with E-state index in [-0.39, 0.29) is 31.9 Å². The Kier molecular flexibility index (Phi) is 10.7. The molecule has 228 valence electrons. The largest absolute Gasteiger partial charge is 0.449 e. The molecule has 43 heavy (non-hydrogen) atoms. The van der Waals surface area contributed by atoms with E-state index in [0.717, 1.165) is 35.1 Å². The normalized spacial score (nSPS) is 14.2.